The van der Waals surface area contributed by atoms with Gasteiger partial charge < -0.3 is 4.90 Å². The number of hydrogen-bond acceptors (Lipinski definition) is 2. The van der Waals surface area contributed by atoms with E-state index in [1.165, 1.54) is 44.0 Å². The van der Waals surface area contributed by atoms with Gasteiger partial charge in [-0.1, -0.05) is 188 Å². The van der Waals surface area contributed by atoms with Crippen LogP contribution in [-0.2, 0) is 0 Å². The molecule has 0 N–H and O–H groups in total. The number of aromatic nitrogens is 1. The predicted molar refractivity (Wildman–Crippen MR) is 243 cm³/mol. The summed E-state index contributed by atoms with van der Waals surface area (Å²) >= 11 is 0. The van der Waals surface area contributed by atoms with Crippen LogP contribution in [0.2, 0.25) is 26.2 Å². The molecule has 2 nitrogen and oxygen atoms in total. The number of fused-ring (bicyclic) bond motifs is 4. The van der Waals surface area contributed by atoms with Crippen LogP contribution in [0.1, 0.15) is 22.6 Å². The summed E-state index contributed by atoms with van der Waals surface area (Å²) in [7, 11) is -3.66. The molecule has 0 amide bonds. The quantitative estimate of drug-likeness (QED) is 0.163. The van der Waals surface area contributed by atoms with Crippen LogP contribution in [0.3, 0.4) is 0 Å². The van der Waals surface area contributed by atoms with Gasteiger partial charge in [-0.3, -0.25) is 0 Å². The molecule has 0 fully saturated rings. The minimum absolute atomic E-state index is 0.210. The topological polar surface area (TPSA) is 16.1 Å². The van der Waals surface area contributed by atoms with E-state index >= 15 is 0 Å². The maximum Gasteiger partial charge on any atom is 0.117 e. The summed E-state index contributed by atoms with van der Waals surface area (Å²) in [5, 5.41) is 6.02. The maximum absolute atomic E-state index is 5.36. The molecule has 0 saturated carbocycles. The number of rotatable bonds is 5. The number of nitrogens with zero attached hydrogens (tertiary/aromatic N) is 2. The van der Waals surface area contributed by atoms with Gasteiger partial charge in [0.25, 0.3) is 0 Å². The Labute approximate surface area is 332 Å². The van der Waals surface area contributed by atoms with Crippen LogP contribution in [0.25, 0.3) is 33.6 Å². The molecule has 2 aliphatic rings. The zero-order chi connectivity index (χ0) is 38.0. The highest BCUT2D eigenvalue weighted by molar-refractivity contribution is 7.03. The molecule has 0 spiro atoms. The van der Waals surface area contributed by atoms with E-state index in [4.69, 9.17) is 4.98 Å². The van der Waals surface area contributed by atoms with Crippen molar-refractivity contribution in [1.82, 2.24) is 4.98 Å². The Kier molecular flexibility index (Phi) is 8.17. The molecule has 8 aromatic rings. The molecule has 0 radical (unpaired) electrons. The van der Waals surface area contributed by atoms with Crippen molar-refractivity contribution >= 4 is 54.0 Å². The molecule has 0 unspecified atom stereocenters. The first-order valence-corrected chi connectivity index (χ1v) is 25.8. The highest BCUT2D eigenvalue weighted by Crippen LogP contribution is 2.40. The highest BCUT2D eigenvalue weighted by atomic mass is 28.3. The number of anilines is 3. The zero-order valence-electron chi connectivity index (χ0n) is 32.4. The lowest BCUT2D eigenvalue weighted by Crippen LogP contribution is -2.59. The SMILES string of the molecule is C[Si]1(C)c2ccccc2C(c2ccc(-c3cc(-c4ccccc4)cc(-c4ccc(N5c6ccccc6[Si](C)(C)c6ccccc65)cc4)n3)cc2)c2ccccc21. The Morgan fingerprint density at radius 2 is 0.821 bits per heavy atom. The summed E-state index contributed by atoms with van der Waals surface area (Å²) in [5.41, 5.74) is 14.4. The van der Waals surface area contributed by atoms with Gasteiger partial charge in [0.15, 0.2) is 0 Å². The molecule has 270 valence electrons. The van der Waals surface area contributed by atoms with Gasteiger partial charge >= 0.3 is 0 Å². The van der Waals surface area contributed by atoms with Gasteiger partial charge in [0.05, 0.1) is 11.4 Å². The standard InChI is InChI=1S/C52H44N2Si2/c1-55(2)48-22-12-8-18-42(48)52(43-19-9-13-23-49(43)55)39-28-26-37(27-29-39)44-34-40(36-16-6-5-7-17-36)35-45(53-44)38-30-32-41(33-31-38)54-46-20-10-14-24-50(46)56(3,4)51-25-15-11-21-47(51)54/h5-35,52H,1-4H3. The Morgan fingerprint density at radius 3 is 1.36 bits per heavy atom. The Balaban J connectivity index is 1.04. The first kappa shape index (κ1) is 34.4. The van der Waals surface area contributed by atoms with Gasteiger partial charge in [0.2, 0.25) is 0 Å². The summed E-state index contributed by atoms with van der Waals surface area (Å²) in [6, 6.07) is 69.6. The fourth-order valence-corrected chi connectivity index (χ4v) is 15.7. The molecule has 10 rings (SSSR count). The third-order valence-corrected chi connectivity index (χ3v) is 19.6. The lowest BCUT2D eigenvalue weighted by Gasteiger charge is -2.41. The fraction of sp³-hybridized carbons (Fsp3) is 0.0962. The molecule has 1 aromatic heterocycles. The molecule has 0 bridgehead atoms. The molecule has 2 aliphatic heterocycles. The second kappa shape index (κ2) is 13.3. The Bertz CT molecular complexity index is 2480. The van der Waals surface area contributed by atoms with Gasteiger partial charge in [0.1, 0.15) is 16.1 Å². The van der Waals surface area contributed by atoms with E-state index in [0.29, 0.717) is 0 Å². The molecule has 3 heterocycles. The van der Waals surface area contributed by atoms with Crippen molar-refractivity contribution in [2.75, 3.05) is 4.90 Å². The molecule has 4 heteroatoms. The van der Waals surface area contributed by atoms with Gasteiger partial charge in [-0.15, -0.1) is 0 Å². The van der Waals surface area contributed by atoms with Crippen LogP contribution < -0.4 is 25.6 Å². The third kappa shape index (κ3) is 5.55. The predicted octanol–water partition coefficient (Wildman–Crippen LogP) is 11.0. The molecule has 0 atom stereocenters. The van der Waals surface area contributed by atoms with Crippen molar-refractivity contribution < 1.29 is 0 Å². The normalized spacial score (nSPS) is 15.0. The number of benzene rings is 7. The molecule has 56 heavy (non-hydrogen) atoms. The third-order valence-electron chi connectivity index (χ3n) is 12.4. The van der Waals surface area contributed by atoms with Crippen molar-refractivity contribution in [2.24, 2.45) is 0 Å². The lowest BCUT2D eigenvalue weighted by atomic mass is 9.84. The van der Waals surface area contributed by atoms with Crippen molar-refractivity contribution in [3.63, 3.8) is 0 Å². The molecule has 0 saturated heterocycles. The average molecular weight is 753 g/mol. The Morgan fingerprint density at radius 1 is 0.393 bits per heavy atom. The Hall–Kier alpha value is -6.08. The van der Waals surface area contributed by atoms with Gasteiger partial charge in [0, 0.05) is 34.1 Å². The second-order valence-corrected chi connectivity index (χ2v) is 25.0. The summed E-state index contributed by atoms with van der Waals surface area (Å²) in [5.74, 6) is 0.210. The van der Waals surface area contributed by atoms with E-state index in [0.717, 1.165) is 33.8 Å². The van der Waals surface area contributed by atoms with E-state index < -0.39 is 16.1 Å². The van der Waals surface area contributed by atoms with Crippen LogP contribution in [-0.4, -0.2) is 21.1 Å². The van der Waals surface area contributed by atoms with Gasteiger partial charge in [-0.2, -0.15) is 0 Å². The van der Waals surface area contributed by atoms with Crippen molar-refractivity contribution in [1.29, 1.82) is 0 Å². The van der Waals surface area contributed by atoms with Crippen molar-refractivity contribution in [2.45, 2.75) is 32.1 Å². The first-order valence-electron chi connectivity index (χ1n) is 19.8. The number of hydrogen-bond donors (Lipinski definition) is 0. The summed E-state index contributed by atoms with van der Waals surface area (Å²) in [4.78, 5) is 7.81. The largest absolute Gasteiger partial charge is 0.311 e. The summed E-state index contributed by atoms with van der Waals surface area (Å²) < 4.78 is 0. The number of para-hydroxylation sites is 2. The van der Waals surface area contributed by atoms with Gasteiger partial charge in [-0.25, -0.2) is 4.98 Å². The van der Waals surface area contributed by atoms with Crippen LogP contribution in [0.4, 0.5) is 17.1 Å². The van der Waals surface area contributed by atoms with Gasteiger partial charge in [-0.05, 0) is 74.6 Å². The van der Waals surface area contributed by atoms with E-state index in [1.54, 1.807) is 10.4 Å². The molecule has 7 aromatic carbocycles. The lowest BCUT2D eigenvalue weighted by molar-refractivity contribution is 0.983. The zero-order valence-corrected chi connectivity index (χ0v) is 34.4. The average Bonchev–Trinajstić information content (AvgIpc) is 3.25. The molecule has 0 aliphatic carbocycles. The van der Waals surface area contributed by atoms with Crippen molar-refractivity contribution in [3.8, 4) is 33.6 Å². The second-order valence-electron chi connectivity index (χ2n) is 16.4. The minimum Gasteiger partial charge on any atom is -0.311 e. The maximum atomic E-state index is 5.36. The fourth-order valence-electron chi connectivity index (χ4n) is 9.51. The summed E-state index contributed by atoms with van der Waals surface area (Å²) in [6.45, 7) is 9.93. The minimum atomic E-state index is -1.85. The van der Waals surface area contributed by atoms with E-state index in [1.807, 2.05) is 0 Å². The van der Waals surface area contributed by atoms with Crippen molar-refractivity contribution in [3.05, 3.63) is 205 Å². The smallest absolute Gasteiger partial charge is 0.117 e. The van der Waals surface area contributed by atoms with Crippen LogP contribution in [0.5, 0.6) is 0 Å². The van der Waals surface area contributed by atoms with Crippen LogP contribution >= 0.6 is 0 Å². The first-order chi connectivity index (χ1) is 27.3. The van der Waals surface area contributed by atoms with E-state index in [9.17, 15) is 0 Å². The van der Waals surface area contributed by atoms with E-state index in [2.05, 4.69) is 219 Å². The van der Waals surface area contributed by atoms with E-state index in [-0.39, 0.29) is 5.92 Å². The molecular weight excluding hydrogens is 709 g/mol. The molecular formula is C52H44N2Si2. The van der Waals surface area contributed by atoms with Crippen LogP contribution in [0, 0.1) is 0 Å². The monoisotopic (exact) mass is 752 g/mol. The number of pyridine rings is 1. The highest BCUT2D eigenvalue weighted by Gasteiger charge is 2.40. The summed E-state index contributed by atoms with van der Waals surface area (Å²) in [6.07, 6.45) is 0. The van der Waals surface area contributed by atoms with Crippen LogP contribution in [0.15, 0.2) is 188 Å².